The molecule has 3 aromatic rings. The number of aromatic nitrogens is 2. The van der Waals surface area contributed by atoms with Crippen LogP contribution < -0.4 is 0 Å². The third-order valence-corrected chi connectivity index (χ3v) is 5.17. The van der Waals surface area contributed by atoms with Gasteiger partial charge >= 0.3 is 0 Å². The van der Waals surface area contributed by atoms with Gasteiger partial charge in [0, 0.05) is 25.9 Å². The minimum absolute atomic E-state index is 0.139. The molecule has 2 aromatic carbocycles. The van der Waals surface area contributed by atoms with Crippen molar-refractivity contribution < 1.29 is 4.79 Å². The monoisotopic (exact) mass is 333 g/mol. The van der Waals surface area contributed by atoms with Gasteiger partial charge < -0.3 is 9.47 Å². The van der Waals surface area contributed by atoms with Crippen LogP contribution in [0.1, 0.15) is 31.3 Å². The Morgan fingerprint density at radius 2 is 1.84 bits per heavy atom. The summed E-state index contributed by atoms with van der Waals surface area (Å²) in [5, 5.41) is 0. The molecule has 0 spiro atoms. The van der Waals surface area contributed by atoms with Gasteiger partial charge in [-0.15, -0.1) is 0 Å². The Bertz CT molecular complexity index is 900. The largest absolute Gasteiger partial charge is 0.338 e. The number of benzene rings is 2. The molecule has 0 saturated carbocycles. The lowest BCUT2D eigenvalue weighted by atomic mass is 10.0. The summed E-state index contributed by atoms with van der Waals surface area (Å²) in [7, 11) is 0. The number of imidazole rings is 1. The zero-order valence-electron chi connectivity index (χ0n) is 14.7. The maximum absolute atomic E-state index is 12.2. The van der Waals surface area contributed by atoms with E-state index in [1.54, 1.807) is 6.92 Å². The molecule has 2 heterocycles. The quantitative estimate of drug-likeness (QED) is 0.718. The highest BCUT2D eigenvalue weighted by Gasteiger charge is 2.30. The Hall–Kier alpha value is -2.62. The van der Waals surface area contributed by atoms with Crippen LogP contribution in [0.25, 0.3) is 11.0 Å². The van der Waals surface area contributed by atoms with E-state index >= 15 is 0 Å². The van der Waals surface area contributed by atoms with E-state index < -0.39 is 0 Å². The first-order valence-electron chi connectivity index (χ1n) is 8.90. The van der Waals surface area contributed by atoms with Gasteiger partial charge in [0.15, 0.2) is 0 Å². The first-order chi connectivity index (χ1) is 12.1. The van der Waals surface area contributed by atoms with Crippen molar-refractivity contribution in [3.63, 3.8) is 0 Å². The zero-order chi connectivity index (χ0) is 17.4. The Labute approximate surface area is 148 Å². The maximum Gasteiger partial charge on any atom is 0.219 e. The summed E-state index contributed by atoms with van der Waals surface area (Å²) in [6.07, 6.45) is 1.68. The van der Waals surface area contributed by atoms with Gasteiger partial charge in [0.25, 0.3) is 0 Å². The number of carbonyl (C=O) groups is 1. The molecule has 25 heavy (non-hydrogen) atoms. The Kier molecular flexibility index (Phi) is 4.04. The highest BCUT2D eigenvalue weighted by Crippen LogP contribution is 2.29. The first-order valence-corrected chi connectivity index (χ1v) is 8.90. The fourth-order valence-electron chi connectivity index (χ4n) is 3.99. The van der Waals surface area contributed by atoms with E-state index in [0.717, 1.165) is 36.2 Å². The minimum atomic E-state index is 0.139. The van der Waals surface area contributed by atoms with Crippen molar-refractivity contribution in [2.45, 2.75) is 38.8 Å². The molecular weight excluding hydrogens is 310 g/mol. The van der Waals surface area contributed by atoms with Gasteiger partial charge in [0.2, 0.25) is 5.91 Å². The molecule has 0 N–H and O–H groups in total. The molecule has 0 aliphatic carbocycles. The summed E-state index contributed by atoms with van der Waals surface area (Å²) in [6, 6.07) is 19.2. The van der Waals surface area contributed by atoms with Crippen molar-refractivity contribution in [3.8, 4) is 0 Å². The summed E-state index contributed by atoms with van der Waals surface area (Å²) in [5.74, 6) is 1.22. The fourth-order valence-corrected chi connectivity index (χ4v) is 3.99. The fraction of sp³-hybridized carbons (Fsp3) is 0.333. The van der Waals surface area contributed by atoms with Crippen molar-refractivity contribution in [2.75, 3.05) is 6.54 Å². The Balaban J connectivity index is 1.82. The Morgan fingerprint density at radius 3 is 2.60 bits per heavy atom. The summed E-state index contributed by atoms with van der Waals surface area (Å²) < 4.78 is 2.36. The normalized spacial score (nSPS) is 20.3. The average Bonchev–Trinajstić information content (AvgIpc) is 2.90. The van der Waals surface area contributed by atoms with Crippen molar-refractivity contribution in [1.29, 1.82) is 0 Å². The number of fused-ring (bicyclic) bond motifs is 3. The smallest absolute Gasteiger partial charge is 0.219 e. The summed E-state index contributed by atoms with van der Waals surface area (Å²) >= 11 is 0. The zero-order valence-corrected chi connectivity index (χ0v) is 14.7. The van der Waals surface area contributed by atoms with Gasteiger partial charge in [0.05, 0.1) is 17.1 Å². The predicted octanol–water partition coefficient (Wildman–Crippen LogP) is 3.61. The molecule has 1 aliphatic heterocycles. The van der Waals surface area contributed by atoms with Crippen LogP contribution in [0.2, 0.25) is 0 Å². The van der Waals surface area contributed by atoms with E-state index in [2.05, 4.69) is 54.0 Å². The second-order valence-electron chi connectivity index (χ2n) is 6.95. The van der Waals surface area contributed by atoms with Crippen LogP contribution in [-0.4, -0.2) is 32.9 Å². The third-order valence-electron chi connectivity index (χ3n) is 5.17. The second kappa shape index (κ2) is 6.36. The molecule has 0 bridgehead atoms. The van der Waals surface area contributed by atoms with Crippen LogP contribution in [0.5, 0.6) is 0 Å². The van der Waals surface area contributed by atoms with E-state index in [1.165, 1.54) is 5.56 Å². The van der Waals surface area contributed by atoms with Crippen LogP contribution in [0.3, 0.4) is 0 Å². The molecule has 0 unspecified atom stereocenters. The summed E-state index contributed by atoms with van der Waals surface area (Å²) in [5.41, 5.74) is 3.49. The van der Waals surface area contributed by atoms with Crippen LogP contribution in [-0.2, 0) is 17.6 Å². The molecule has 0 saturated heterocycles. The van der Waals surface area contributed by atoms with Crippen LogP contribution in [0, 0.1) is 0 Å². The third kappa shape index (κ3) is 2.93. The van der Waals surface area contributed by atoms with E-state index in [9.17, 15) is 4.79 Å². The topological polar surface area (TPSA) is 38.1 Å². The molecule has 1 amide bonds. The number of rotatable bonds is 2. The van der Waals surface area contributed by atoms with E-state index in [0.29, 0.717) is 0 Å². The number of nitrogens with zero attached hydrogens (tertiary/aromatic N) is 3. The number of para-hydroxylation sites is 2. The molecule has 1 aliphatic rings. The van der Waals surface area contributed by atoms with Gasteiger partial charge in [-0.05, 0) is 31.0 Å². The standard InChI is InChI=1S/C21H23N3O/c1-15-12-21-22-19-10-6-7-11-20(19)24(21)18(14-23(15)16(2)25)13-17-8-4-3-5-9-17/h3-11,15,18H,12-14H2,1-2H3/t15-,18-/m0/s1. The number of carbonyl (C=O) groups excluding carboxylic acids is 1. The lowest BCUT2D eigenvalue weighted by molar-refractivity contribution is -0.131. The van der Waals surface area contributed by atoms with Gasteiger partial charge in [0.1, 0.15) is 5.82 Å². The molecule has 0 fully saturated rings. The minimum Gasteiger partial charge on any atom is -0.338 e. The van der Waals surface area contributed by atoms with E-state index in [1.807, 2.05) is 17.0 Å². The van der Waals surface area contributed by atoms with Crippen LogP contribution in [0.4, 0.5) is 0 Å². The first kappa shape index (κ1) is 15.9. The van der Waals surface area contributed by atoms with Crippen molar-refractivity contribution >= 4 is 16.9 Å². The van der Waals surface area contributed by atoms with Crippen LogP contribution >= 0.6 is 0 Å². The molecular formula is C21H23N3O. The molecule has 4 rings (SSSR count). The second-order valence-corrected chi connectivity index (χ2v) is 6.95. The van der Waals surface area contributed by atoms with Crippen molar-refractivity contribution in [2.24, 2.45) is 0 Å². The van der Waals surface area contributed by atoms with E-state index in [4.69, 9.17) is 4.98 Å². The number of hydrogen-bond donors (Lipinski definition) is 0. The van der Waals surface area contributed by atoms with Crippen LogP contribution in [0.15, 0.2) is 54.6 Å². The summed E-state index contributed by atoms with van der Waals surface area (Å²) in [6.45, 7) is 4.51. The molecule has 1 aromatic heterocycles. The van der Waals surface area contributed by atoms with Gasteiger partial charge in [-0.3, -0.25) is 4.79 Å². The lowest BCUT2D eigenvalue weighted by Gasteiger charge is -2.29. The van der Waals surface area contributed by atoms with Crippen molar-refractivity contribution in [1.82, 2.24) is 14.5 Å². The maximum atomic E-state index is 12.2. The van der Waals surface area contributed by atoms with E-state index in [-0.39, 0.29) is 18.0 Å². The summed E-state index contributed by atoms with van der Waals surface area (Å²) in [4.78, 5) is 19.1. The van der Waals surface area contributed by atoms with Gasteiger partial charge in [-0.1, -0.05) is 42.5 Å². The van der Waals surface area contributed by atoms with Crippen molar-refractivity contribution in [3.05, 3.63) is 66.0 Å². The number of amides is 1. The highest BCUT2D eigenvalue weighted by atomic mass is 16.2. The molecule has 4 heteroatoms. The average molecular weight is 333 g/mol. The molecule has 2 atom stereocenters. The lowest BCUT2D eigenvalue weighted by Crippen LogP contribution is -2.40. The molecule has 4 nitrogen and oxygen atoms in total. The Morgan fingerprint density at radius 1 is 1.12 bits per heavy atom. The predicted molar refractivity (Wildman–Crippen MR) is 99.5 cm³/mol. The van der Waals surface area contributed by atoms with Gasteiger partial charge in [-0.25, -0.2) is 4.98 Å². The molecule has 128 valence electrons. The highest BCUT2D eigenvalue weighted by molar-refractivity contribution is 5.77. The van der Waals surface area contributed by atoms with Gasteiger partial charge in [-0.2, -0.15) is 0 Å². The molecule has 0 radical (unpaired) electrons. The number of hydrogen-bond acceptors (Lipinski definition) is 2. The SMILES string of the molecule is CC(=O)N1C[C@H](Cc2ccccc2)n2c(nc3ccccc32)C[C@@H]1C.